The number of carbonyl (C=O) groups is 1. The first-order chi connectivity index (χ1) is 7.72. The van der Waals surface area contributed by atoms with Crippen LogP contribution in [0.3, 0.4) is 0 Å². The third-order valence-electron chi connectivity index (χ3n) is 2.60. The number of amides is 1. The Bertz CT molecular complexity index is 397. The number of hydrogen-bond donors (Lipinski definition) is 2. The van der Waals surface area contributed by atoms with E-state index in [1.165, 1.54) is 11.1 Å². The van der Waals surface area contributed by atoms with Gasteiger partial charge in [-0.1, -0.05) is 18.2 Å². The van der Waals surface area contributed by atoms with E-state index in [2.05, 4.69) is 5.43 Å². The predicted molar refractivity (Wildman–Crippen MR) is 55.7 cm³/mol. The molecule has 16 heavy (non-hydrogen) atoms. The van der Waals surface area contributed by atoms with Gasteiger partial charge in [-0.3, -0.25) is 9.80 Å². The molecule has 1 amide bonds. The Morgan fingerprint density at radius 3 is 2.94 bits per heavy atom. The molecule has 5 heteroatoms. The summed E-state index contributed by atoms with van der Waals surface area (Å²) in [6.45, 7) is 0.118. The minimum atomic E-state index is -0.333. The van der Waals surface area contributed by atoms with Gasteiger partial charge in [-0.15, -0.1) is 0 Å². The molecule has 1 atom stereocenters. The number of aliphatic hydroxyl groups is 1. The van der Waals surface area contributed by atoms with E-state index in [1.807, 2.05) is 0 Å². The van der Waals surface area contributed by atoms with E-state index in [9.17, 15) is 9.18 Å². The molecule has 1 heterocycles. The van der Waals surface area contributed by atoms with E-state index in [0.29, 0.717) is 5.56 Å². The molecule has 0 spiro atoms. The number of hydrogen-bond acceptors (Lipinski definition) is 3. The van der Waals surface area contributed by atoms with E-state index < -0.39 is 0 Å². The van der Waals surface area contributed by atoms with Gasteiger partial charge in [0.05, 0.1) is 19.2 Å². The van der Waals surface area contributed by atoms with Gasteiger partial charge in [0, 0.05) is 12.0 Å². The number of nitrogens with one attached hydrogen (secondary N) is 1. The summed E-state index contributed by atoms with van der Waals surface area (Å²) in [5.41, 5.74) is 3.37. The van der Waals surface area contributed by atoms with Crippen molar-refractivity contribution in [2.75, 3.05) is 13.2 Å². The highest BCUT2D eigenvalue weighted by Gasteiger charge is 2.30. The summed E-state index contributed by atoms with van der Waals surface area (Å²) in [5, 5.41) is 10.1. The van der Waals surface area contributed by atoms with Crippen LogP contribution in [0, 0.1) is 5.82 Å². The second-order valence-corrected chi connectivity index (χ2v) is 3.68. The summed E-state index contributed by atoms with van der Waals surface area (Å²) in [5.74, 6) is -0.444. The average molecular weight is 224 g/mol. The van der Waals surface area contributed by atoms with Crippen molar-refractivity contribution in [2.45, 2.75) is 12.5 Å². The monoisotopic (exact) mass is 224 g/mol. The van der Waals surface area contributed by atoms with Gasteiger partial charge in [0.15, 0.2) is 0 Å². The lowest BCUT2D eigenvalue weighted by Gasteiger charge is -2.17. The number of benzene rings is 1. The van der Waals surface area contributed by atoms with Crippen molar-refractivity contribution in [1.82, 2.24) is 10.4 Å². The molecule has 0 aromatic heterocycles. The zero-order chi connectivity index (χ0) is 11.5. The maximum atomic E-state index is 13.5. The highest BCUT2D eigenvalue weighted by molar-refractivity contribution is 5.78. The average Bonchev–Trinajstić information content (AvgIpc) is 2.61. The van der Waals surface area contributed by atoms with Crippen LogP contribution in [0.25, 0.3) is 0 Å². The quantitative estimate of drug-likeness (QED) is 0.790. The molecule has 0 bridgehead atoms. The largest absolute Gasteiger partial charge is 0.394 e. The lowest BCUT2D eigenvalue weighted by Crippen LogP contribution is -2.37. The maximum Gasteiger partial charge on any atom is 0.238 e. The van der Waals surface area contributed by atoms with Gasteiger partial charge in [0.2, 0.25) is 5.91 Å². The Balaban J connectivity index is 2.14. The van der Waals surface area contributed by atoms with Crippen LogP contribution < -0.4 is 5.43 Å². The van der Waals surface area contributed by atoms with Gasteiger partial charge in [0.1, 0.15) is 5.82 Å². The first kappa shape index (κ1) is 11.0. The Morgan fingerprint density at radius 2 is 2.25 bits per heavy atom. The molecule has 0 radical (unpaired) electrons. The third kappa shape index (κ3) is 2.05. The molecule has 1 aliphatic heterocycles. The topological polar surface area (TPSA) is 52.6 Å². The van der Waals surface area contributed by atoms with E-state index in [4.69, 9.17) is 5.11 Å². The Kier molecular flexibility index (Phi) is 3.17. The number of hydrazine groups is 1. The SMILES string of the molecule is O=C1CC(c2ccccc2F)NN1CCO. The standard InChI is InChI=1S/C11H13FN2O2/c12-9-4-2-1-3-8(9)10-7-11(16)14(13-10)5-6-15/h1-4,10,13,15H,5-7H2. The van der Waals surface area contributed by atoms with Crippen LogP contribution in [0.4, 0.5) is 4.39 Å². The van der Waals surface area contributed by atoms with Crippen LogP contribution in [-0.4, -0.2) is 29.2 Å². The lowest BCUT2D eigenvalue weighted by atomic mass is 10.1. The summed E-state index contributed by atoms with van der Waals surface area (Å²) in [6, 6.07) is 6.04. The van der Waals surface area contributed by atoms with Gasteiger partial charge in [-0.05, 0) is 6.07 Å². The van der Waals surface area contributed by atoms with Crippen LogP contribution in [0.2, 0.25) is 0 Å². The molecule has 4 nitrogen and oxygen atoms in total. The van der Waals surface area contributed by atoms with Gasteiger partial charge in [0.25, 0.3) is 0 Å². The normalized spacial score (nSPS) is 20.5. The maximum absolute atomic E-state index is 13.5. The first-order valence-electron chi connectivity index (χ1n) is 5.14. The lowest BCUT2D eigenvalue weighted by molar-refractivity contribution is -0.130. The van der Waals surface area contributed by atoms with Gasteiger partial charge in [-0.2, -0.15) is 0 Å². The van der Waals surface area contributed by atoms with Crippen LogP contribution in [-0.2, 0) is 4.79 Å². The van der Waals surface area contributed by atoms with Crippen molar-refractivity contribution in [3.05, 3.63) is 35.6 Å². The number of β-amino-alcohol motifs (C(OH)–C–C–N with tert-alkyl or cyclic N) is 1. The number of halogens is 1. The van der Waals surface area contributed by atoms with E-state index >= 15 is 0 Å². The fourth-order valence-electron chi connectivity index (χ4n) is 1.82. The second-order valence-electron chi connectivity index (χ2n) is 3.68. The fourth-order valence-corrected chi connectivity index (χ4v) is 1.82. The fraction of sp³-hybridized carbons (Fsp3) is 0.364. The van der Waals surface area contributed by atoms with Crippen LogP contribution in [0.5, 0.6) is 0 Å². The highest BCUT2D eigenvalue weighted by Crippen LogP contribution is 2.25. The molecular weight excluding hydrogens is 211 g/mol. The summed E-state index contributed by atoms with van der Waals surface area (Å²) < 4.78 is 13.5. The van der Waals surface area contributed by atoms with E-state index in [0.717, 1.165) is 0 Å². The summed E-state index contributed by atoms with van der Waals surface area (Å²) >= 11 is 0. The molecule has 1 aromatic rings. The molecule has 0 aliphatic carbocycles. The summed E-state index contributed by atoms with van der Waals surface area (Å²) in [6.07, 6.45) is 0.223. The zero-order valence-electron chi connectivity index (χ0n) is 8.69. The van der Waals surface area contributed by atoms with Crippen molar-refractivity contribution in [1.29, 1.82) is 0 Å². The van der Waals surface area contributed by atoms with Crippen molar-refractivity contribution in [3.8, 4) is 0 Å². The van der Waals surface area contributed by atoms with Crippen molar-refractivity contribution in [3.63, 3.8) is 0 Å². The molecule has 0 saturated carbocycles. The molecule has 2 N–H and O–H groups in total. The molecule has 1 unspecified atom stereocenters. The smallest absolute Gasteiger partial charge is 0.238 e. The highest BCUT2D eigenvalue weighted by atomic mass is 19.1. The van der Waals surface area contributed by atoms with Crippen molar-refractivity contribution >= 4 is 5.91 Å². The Labute approximate surface area is 92.7 Å². The van der Waals surface area contributed by atoms with Crippen LogP contribution >= 0.6 is 0 Å². The van der Waals surface area contributed by atoms with Crippen molar-refractivity contribution in [2.24, 2.45) is 0 Å². The van der Waals surface area contributed by atoms with Gasteiger partial charge in [-0.25, -0.2) is 9.82 Å². The molecule has 1 aliphatic rings. The number of aliphatic hydroxyl groups excluding tert-OH is 1. The minimum Gasteiger partial charge on any atom is -0.394 e. The molecule has 1 fully saturated rings. The van der Waals surface area contributed by atoms with Gasteiger partial charge < -0.3 is 5.11 Å². The molecular formula is C11H13FN2O2. The predicted octanol–water partition coefficient (Wildman–Crippen LogP) is 0.596. The molecule has 1 saturated heterocycles. The Hall–Kier alpha value is -1.46. The Morgan fingerprint density at radius 1 is 1.50 bits per heavy atom. The first-order valence-corrected chi connectivity index (χ1v) is 5.14. The number of carbonyl (C=O) groups excluding carboxylic acids is 1. The third-order valence-corrected chi connectivity index (χ3v) is 2.60. The summed E-state index contributed by atoms with van der Waals surface area (Å²) in [4.78, 5) is 11.5. The minimum absolute atomic E-state index is 0.108. The van der Waals surface area contributed by atoms with Gasteiger partial charge >= 0.3 is 0 Å². The zero-order valence-corrected chi connectivity index (χ0v) is 8.69. The molecule has 2 rings (SSSR count). The van der Waals surface area contributed by atoms with Crippen molar-refractivity contribution < 1.29 is 14.3 Å². The number of rotatable bonds is 3. The van der Waals surface area contributed by atoms with E-state index in [1.54, 1.807) is 18.2 Å². The summed E-state index contributed by atoms with van der Waals surface area (Å²) in [7, 11) is 0. The van der Waals surface area contributed by atoms with E-state index in [-0.39, 0.29) is 37.3 Å². The molecule has 86 valence electrons. The second kappa shape index (κ2) is 4.59. The van der Waals surface area contributed by atoms with Crippen LogP contribution in [0.15, 0.2) is 24.3 Å². The molecule has 1 aromatic carbocycles. The number of nitrogens with zero attached hydrogens (tertiary/aromatic N) is 1. The van der Waals surface area contributed by atoms with Crippen LogP contribution in [0.1, 0.15) is 18.0 Å².